The Bertz CT molecular complexity index is 427. The van der Waals surface area contributed by atoms with Gasteiger partial charge in [-0.25, -0.2) is 4.39 Å². The molecule has 92 valence electrons. The minimum absolute atomic E-state index is 0.129. The molecule has 0 spiro atoms. The number of methoxy groups -OCH3 is 1. The van der Waals surface area contributed by atoms with Crippen molar-refractivity contribution in [2.75, 3.05) is 7.11 Å². The van der Waals surface area contributed by atoms with E-state index in [1.165, 1.54) is 25.3 Å². The molecule has 1 fully saturated rings. The van der Waals surface area contributed by atoms with Gasteiger partial charge in [0.2, 0.25) is 0 Å². The molecule has 0 aromatic heterocycles. The molecule has 0 atom stereocenters. The van der Waals surface area contributed by atoms with Crippen LogP contribution >= 0.6 is 0 Å². The van der Waals surface area contributed by atoms with Gasteiger partial charge in [-0.15, -0.1) is 0 Å². The molecule has 17 heavy (non-hydrogen) atoms. The Morgan fingerprint density at radius 2 is 2.12 bits per heavy atom. The Hall–Kier alpha value is -1.78. The van der Waals surface area contributed by atoms with Crippen LogP contribution in [0.3, 0.4) is 0 Å². The monoisotopic (exact) mass is 240 g/mol. The molecule has 1 aliphatic carbocycles. The van der Waals surface area contributed by atoms with E-state index in [1.807, 2.05) is 0 Å². The predicted octanol–water partition coefficient (Wildman–Crippen LogP) is 2.08. The molecule has 1 aromatic rings. The molecular formula is C12H13FO4. The molecule has 0 amide bonds. The summed E-state index contributed by atoms with van der Waals surface area (Å²) in [6.07, 6.45) is 0.835. The molecular weight excluding hydrogens is 227 g/mol. The van der Waals surface area contributed by atoms with Crippen molar-refractivity contribution < 1.29 is 23.8 Å². The maximum Gasteiger partial charge on any atom is 0.306 e. The third-order valence-corrected chi connectivity index (χ3v) is 2.86. The predicted molar refractivity (Wildman–Crippen MR) is 57.7 cm³/mol. The summed E-state index contributed by atoms with van der Waals surface area (Å²) < 4.78 is 23.5. The van der Waals surface area contributed by atoms with Gasteiger partial charge in [-0.2, -0.15) is 0 Å². The van der Waals surface area contributed by atoms with E-state index >= 15 is 0 Å². The fourth-order valence-electron chi connectivity index (χ4n) is 1.78. The SMILES string of the molecule is COc1cc(F)ccc1OC1CC(C(=O)O)C1. The van der Waals surface area contributed by atoms with E-state index in [9.17, 15) is 9.18 Å². The topological polar surface area (TPSA) is 55.8 Å². The highest BCUT2D eigenvalue weighted by Gasteiger charge is 2.36. The van der Waals surface area contributed by atoms with Gasteiger partial charge in [-0.3, -0.25) is 4.79 Å². The van der Waals surface area contributed by atoms with Crippen LogP contribution in [0.1, 0.15) is 12.8 Å². The van der Waals surface area contributed by atoms with Gasteiger partial charge in [-0.05, 0) is 25.0 Å². The highest BCUT2D eigenvalue weighted by Crippen LogP contribution is 2.35. The van der Waals surface area contributed by atoms with Gasteiger partial charge < -0.3 is 14.6 Å². The second-order valence-electron chi connectivity index (χ2n) is 4.04. The zero-order valence-corrected chi connectivity index (χ0v) is 9.35. The van der Waals surface area contributed by atoms with E-state index < -0.39 is 11.8 Å². The highest BCUT2D eigenvalue weighted by molar-refractivity contribution is 5.71. The Morgan fingerprint density at radius 3 is 2.71 bits per heavy atom. The van der Waals surface area contributed by atoms with Crippen LogP contribution in [-0.2, 0) is 4.79 Å². The standard InChI is InChI=1S/C12H13FO4/c1-16-11-6-8(13)2-3-10(11)17-9-4-7(5-9)12(14)15/h2-3,6-7,9H,4-5H2,1H3,(H,14,15). The molecule has 0 unspecified atom stereocenters. The average molecular weight is 240 g/mol. The van der Waals surface area contributed by atoms with Gasteiger partial charge in [0.15, 0.2) is 11.5 Å². The number of aliphatic carboxylic acids is 1. The molecule has 1 aliphatic rings. The van der Waals surface area contributed by atoms with Crippen molar-refractivity contribution in [2.24, 2.45) is 5.92 Å². The fourth-order valence-corrected chi connectivity index (χ4v) is 1.78. The number of ether oxygens (including phenoxy) is 2. The third kappa shape index (κ3) is 2.49. The maximum absolute atomic E-state index is 12.9. The maximum atomic E-state index is 12.9. The molecule has 1 N–H and O–H groups in total. The molecule has 5 heteroatoms. The number of carboxylic acid groups (broad SMARTS) is 1. The van der Waals surface area contributed by atoms with E-state index in [-0.39, 0.29) is 12.0 Å². The van der Waals surface area contributed by atoms with Crippen LogP contribution in [0.4, 0.5) is 4.39 Å². The van der Waals surface area contributed by atoms with Gasteiger partial charge in [0.25, 0.3) is 0 Å². The zero-order valence-electron chi connectivity index (χ0n) is 9.35. The zero-order chi connectivity index (χ0) is 12.4. The van der Waals surface area contributed by atoms with Crippen molar-refractivity contribution in [3.05, 3.63) is 24.0 Å². The van der Waals surface area contributed by atoms with Crippen molar-refractivity contribution in [3.63, 3.8) is 0 Å². The number of halogens is 1. The van der Waals surface area contributed by atoms with Crippen LogP contribution in [-0.4, -0.2) is 24.3 Å². The summed E-state index contributed by atoms with van der Waals surface area (Å²) in [7, 11) is 1.43. The molecule has 0 radical (unpaired) electrons. The van der Waals surface area contributed by atoms with Gasteiger partial charge in [0.05, 0.1) is 13.0 Å². The number of benzene rings is 1. The van der Waals surface area contributed by atoms with Crippen molar-refractivity contribution in [1.29, 1.82) is 0 Å². The van der Waals surface area contributed by atoms with E-state index in [4.69, 9.17) is 14.6 Å². The van der Waals surface area contributed by atoms with E-state index in [2.05, 4.69) is 0 Å². The fraction of sp³-hybridized carbons (Fsp3) is 0.417. The van der Waals surface area contributed by atoms with Gasteiger partial charge in [0.1, 0.15) is 11.9 Å². The first kappa shape index (κ1) is 11.7. The number of carbonyl (C=O) groups is 1. The van der Waals surface area contributed by atoms with Crippen LogP contribution in [0.2, 0.25) is 0 Å². The molecule has 0 aliphatic heterocycles. The number of hydrogen-bond donors (Lipinski definition) is 1. The van der Waals surface area contributed by atoms with E-state index in [0.717, 1.165) is 0 Å². The summed E-state index contributed by atoms with van der Waals surface area (Å²) in [6.45, 7) is 0. The lowest BCUT2D eigenvalue weighted by Crippen LogP contribution is -2.38. The van der Waals surface area contributed by atoms with Gasteiger partial charge in [-0.1, -0.05) is 0 Å². The minimum Gasteiger partial charge on any atom is -0.493 e. The van der Waals surface area contributed by atoms with Gasteiger partial charge >= 0.3 is 5.97 Å². The number of rotatable bonds is 4. The third-order valence-electron chi connectivity index (χ3n) is 2.86. The molecule has 1 aromatic carbocycles. The summed E-state index contributed by atoms with van der Waals surface area (Å²) in [5.74, 6) is -0.750. The van der Waals surface area contributed by atoms with Crippen LogP contribution < -0.4 is 9.47 Å². The van der Waals surface area contributed by atoms with Crippen LogP contribution in [0.25, 0.3) is 0 Å². The summed E-state index contributed by atoms with van der Waals surface area (Å²) >= 11 is 0. The second-order valence-corrected chi connectivity index (χ2v) is 4.04. The second kappa shape index (κ2) is 4.61. The van der Waals surface area contributed by atoms with E-state index in [1.54, 1.807) is 0 Å². The molecule has 0 saturated heterocycles. The van der Waals surface area contributed by atoms with Crippen LogP contribution in [0.5, 0.6) is 11.5 Å². The van der Waals surface area contributed by atoms with E-state index in [0.29, 0.717) is 24.3 Å². The molecule has 2 rings (SSSR count). The van der Waals surface area contributed by atoms with Crippen LogP contribution in [0, 0.1) is 11.7 Å². The van der Waals surface area contributed by atoms with Crippen LogP contribution in [0.15, 0.2) is 18.2 Å². The van der Waals surface area contributed by atoms with Crippen molar-refractivity contribution in [3.8, 4) is 11.5 Å². The van der Waals surface area contributed by atoms with Gasteiger partial charge in [0, 0.05) is 6.07 Å². The van der Waals surface area contributed by atoms with Crippen molar-refractivity contribution in [1.82, 2.24) is 0 Å². The lowest BCUT2D eigenvalue weighted by atomic mass is 9.82. The Morgan fingerprint density at radius 1 is 1.41 bits per heavy atom. The quantitative estimate of drug-likeness (QED) is 0.875. The van der Waals surface area contributed by atoms with Crippen molar-refractivity contribution >= 4 is 5.97 Å². The molecule has 0 heterocycles. The number of hydrogen-bond acceptors (Lipinski definition) is 3. The average Bonchev–Trinajstić information content (AvgIpc) is 2.23. The normalized spacial score (nSPS) is 22.7. The molecule has 0 bridgehead atoms. The Labute approximate surface area is 98.0 Å². The lowest BCUT2D eigenvalue weighted by molar-refractivity contribution is -0.147. The summed E-state index contributed by atoms with van der Waals surface area (Å²) in [6, 6.07) is 4.01. The first-order chi connectivity index (χ1) is 8.10. The summed E-state index contributed by atoms with van der Waals surface area (Å²) in [5.41, 5.74) is 0. The first-order valence-corrected chi connectivity index (χ1v) is 5.33. The highest BCUT2D eigenvalue weighted by atomic mass is 19.1. The molecule has 1 saturated carbocycles. The molecule has 4 nitrogen and oxygen atoms in total. The smallest absolute Gasteiger partial charge is 0.306 e. The summed E-state index contributed by atoms with van der Waals surface area (Å²) in [5, 5.41) is 8.72. The minimum atomic E-state index is -0.795. The first-order valence-electron chi connectivity index (χ1n) is 5.33. The Balaban J connectivity index is 1.98. The summed E-state index contributed by atoms with van der Waals surface area (Å²) in [4.78, 5) is 10.6. The Kier molecular flexibility index (Phi) is 3.17. The van der Waals surface area contributed by atoms with Crippen molar-refractivity contribution in [2.45, 2.75) is 18.9 Å². The lowest BCUT2D eigenvalue weighted by Gasteiger charge is -2.32. The largest absolute Gasteiger partial charge is 0.493 e. The number of carboxylic acids is 1.